The number of benzene rings is 2. The average Bonchev–Trinajstić information content (AvgIpc) is 3.50. The Morgan fingerprint density at radius 3 is 2.03 bits per heavy atom. The molecule has 1 N–H and O–H groups in total. The minimum Gasteiger partial charge on any atom is -0.496 e. The maximum atomic E-state index is 10.8. The van der Waals surface area contributed by atoms with Crippen LogP contribution in [0.15, 0.2) is 40.9 Å². The molecule has 2 aromatic carbocycles. The van der Waals surface area contributed by atoms with E-state index in [1.165, 1.54) is 39.3 Å². The number of aldehydes is 2. The zero-order chi connectivity index (χ0) is 24.2. The molecule has 6 nitrogen and oxygen atoms in total. The van der Waals surface area contributed by atoms with Crippen molar-refractivity contribution >= 4 is 34.2 Å². The third-order valence-corrected chi connectivity index (χ3v) is 6.35. The Morgan fingerprint density at radius 2 is 1.58 bits per heavy atom. The summed E-state index contributed by atoms with van der Waals surface area (Å²) in [4.78, 5) is 23.5. The first-order valence-electron chi connectivity index (χ1n) is 11.4. The predicted molar refractivity (Wildman–Crippen MR) is 137 cm³/mol. The Morgan fingerprint density at radius 1 is 0.939 bits per heavy atom. The molecule has 0 aliphatic carbocycles. The van der Waals surface area contributed by atoms with Gasteiger partial charge in [-0.25, -0.2) is 0 Å². The van der Waals surface area contributed by atoms with Crippen LogP contribution in [-0.2, 0) is 0 Å². The summed E-state index contributed by atoms with van der Waals surface area (Å²) in [5, 5.41) is 3.32. The molecule has 2 aromatic rings. The molecule has 2 aliphatic heterocycles. The standard InChI is InChI=1S/C13H17NO2.C8H7BrO2.C5H11N/c1-10-4-3-7-14(10)12-6-5-11(9-15)13(8-12)16-2;1-11-8-4-7(9)3-2-6(8)5-10;1-5-3-2-4-6-5/h5-6,8-10H,3-4,7H2,1-2H3;2-5H,1H3;5-6H,2-4H2,1H3. The Bertz CT molecular complexity index is 900. The SMILES string of the molecule is CC1CCCN1.COc1cc(Br)ccc1C=O.COc1cc(N2CCCC2C)ccc1C=O. The zero-order valence-electron chi connectivity index (χ0n) is 20.0. The van der Waals surface area contributed by atoms with Gasteiger partial charge in [0.2, 0.25) is 0 Å². The minimum absolute atomic E-state index is 0.565. The van der Waals surface area contributed by atoms with Crippen LogP contribution in [0.3, 0.4) is 0 Å². The van der Waals surface area contributed by atoms with Crippen molar-refractivity contribution in [1.82, 2.24) is 5.32 Å². The summed E-state index contributed by atoms with van der Waals surface area (Å²) in [6.45, 7) is 6.78. The number of carbonyl (C=O) groups is 2. The Labute approximate surface area is 205 Å². The quantitative estimate of drug-likeness (QED) is 0.525. The van der Waals surface area contributed by atoms with E-state index in [0.29, 0.717) is 28.7 Å². The van der Waals surface area contributed by atoms with Crippen molar-refractivity contribution in [1.29, 1.82) is 0 Å². The molecule has 2 saturated heterocycles. The summed E-state index contributed by atoms with van der Waals surface area (Å²) < 4.78 is 11.1. The second-order valence-electron chi connectivity index (χ2n) is 8.23. The van der Waals surface area contributed by atoms with E-state index >= 15 is 0 Å². The van der Waals surface area contributed by atoms with Gasteiger partial charge in [-0.05, 0) is 76.4 Å². The zero-order valence-corrected chi connectivity index (χ0v) is 21.6. The van der Waals surface area contributed by atoms with Crippen LogP contribution in [0.4, 0.5) is 5.69 Å². The van der Waals surface area contributed by atoms with Crippen molar-refractivity contribution in [3.05, 3.63) is 52.0 Å². The van der Waals surface area contributed by atoms with Crippen LogP contribution >= 0.6 is 15.9 Å². The van der Waals surface area contributed by atoms with Gasteiger partial charge in [-0.3, -0.25) is 9.59 Å². The van der Waals surface area contributed by atoms with Crippen LogP contribution in [-0.4, -0.2) is 52.0 Å². The topological polar surface area (TPSA) is 67.9 Å². The van der Waals surface area contributed by atoms with Gasteiger partial charge in [0.1, 0.15) is 11.5 Å². The maximum Gasteiger partial charge on any atom is 0.153 e. The Kier molecular flexibility index (Phi) is 11.4. The van der Waals surface area contributed by atoms with Crippen LogP contribution < -0.4 is 19.7 Å². The van der Waals surface area contributed by atoms with E-state index in [1.54, 1.807) is 25.3 Å². The lowest BCUT2D eigenvalue weighted by Gasteiger charge is -2.24. The van der Waals surface area contributed by atoms with E-state index in [2.05, 4.69) is 40.0 Å². The summed E-state index contributed by atoms with van der Waals surface area (Å²) >= 11 is 3.27. The smallest absolute Gasteiger partial charge is 0.153 e. The van der Waals surface area contributed by atoms with E-state index < -0.39 is 0 Å². The summed E-state index contributed by atoms with van der Waals surface area (Å²) in [6.07, 6.45) is 6.82. The maximum absolute atomic E-state index is 10.8. The molecule has 0 saturated carbocycles. The highest BCUT2D eigenvalue weighted by atomic mass is 79.9. The molecule has 2 atom stereocenters. The van der Waals surface area contributed by atoms with Gasteiger partial charge in [0, 0.05) is 34.9 Å². The molecule has 0 spiro atoms. The van der Waals surface area contributed by atoms with Gasteiger partial charge in [0.05, 0.1) is 25.3 Å². The molecule has 2 aliphatic rings. The molecule has 2 fully saturated rings. The van der Waals surface area contributed by atoms with Gasteiger partial charge in [0.15, 0.2) is 12.6 Å². The lowest BCUT2D eigenvalue weighted by Crippen LogP contribution is -2.26. The van der Waals surface area contributed by atoms with Gasteiger partial charge >= 0.3 is 0 Å². The molecule has 0 aromatic heterocycles. The normalized spacial score (nSPS) is 19.0. The summed E-state index contributed by atoms with van der Waals surface area (Å²) in [5.41, 5.74) is 2.32. The largest absolute Gasteiger partial charge is 0.496 e. The Balaban J connectivity index is 0.000000195. The number of hydrogen-bond donors (Lipinski definition) is 1. The first-order valence-corrected chi connectivity index (χ1v) is 12.1. The van der Waals surface area contributed by atoms with E-state index in [4.69, 9.17) is 9.47 Å². The van der Waals surface area contributed by atoms with Crippen molar-refractivity contribution in [3.63, 3.8) is 0 Å². The van der Waals surface area contributed by atoms with Crippen LogP contribution in [0.1, 0.15) is 60.2 Å². The number of methoxy groups -OCH3 is 2. The lowest BCUT2D eigenvalue weighted by atomic mass is 10.1. The van der Waals surface area contributed by atoms with Gasteiger partial charge in [-0.2, -0.15) is 0 Å². The lowest BCUT2D eigenvalue weighted by molar-refractivity contribution is 0.111. The third kappa shape index (κ3) is 8.16. The average molecular weight is 519 g/mol. The number of rotatable bonds is 5. The number of ether oxygens (including phenoxy) is 2. The molecule has 0 amide bonds. The first kappa shape index (κ1) is 26.9. The molecular formula is C26H35BrN2O4. The molecular weight excluding hydrogens is 484 g/mol. The van der Waals surface area contributed by atoms with Crippen molar-refractivity contribution in [2.45, 2.75) is 51.6 Å². The molecule has 2 unspecified atom stereocenters. The number of nitrogens with zero attached hydrogens (tertiary/aromatic N) is 1. The number of nitrogens with one attached hydrogen (secondary N) is 1. The van der Waals surface area contributed by atoms with E-state index in [-0.39, 0.29) is 0 Å². The van der Waals surface area contributed by atoms with Crippen LogP contribution in [0.25, 0.3) is 0 Å². The highest BCUT2D eigenvalue weighted by Gasteiger charge is 2.21. The van der Waals surface area contributed by atoms with Gasteiger partial charge in [0.25, 0.3) is 0 Å². The third-order valence-electron chi connectivity index (χ3n) is 5.86. The monoisotopic (exact) mass is 518 g/mol. The fraction of sp³-hybridized carbons (Fsp3) is 0.462. The fourth-order valence-electron chi connectivity index (χ4n) is 3.93. The van der Waals surface area contributed by atoms with Crippen molar-refractivity contribution in [2.24, 2.45) is 0 Å². The number of halogens is 1. The van der Waals surface area contributed by atoms with E-state index in [1.807, 2.05) is 18.2 Å². The summed E-state index contributed by atoms with van der Waals surface area (Å²) in [6, 6.07) is 12.4. The molecule has 0 radical (unpaired) electrons. The van der Waals surface area contributed by atoms with E-state index in [0.717, 1.165) is 35.3 Å². The molecule has 180 valence electrons. The highest BCUT2D eigenvalue weighted by Crippen LogP contribution is 2.29. The van der Waals surface area contributed by atoms with Crippen LogP contribution in [0.5, 0.6) is 11.5 Å². The molecule has 0 bridgehead atoms. The van der Waals surface area contributed by atoms with Gasteiger partial charge in [-0.1, -0.05) is 15.9 Å². The predicted octanol–water partition coefficient (Wildman–Crippen LogP) is 5.52. The minimum atomic E-state index is 0.565. The van der Waals surface area contributed by atoms with Crippen LogP contribution in [0, 0.1) is 0 Å². The van der Waals surface area contributed by atoms with Gasteiger partial charge in [-0.15, -0.1) is 0 Å². The van der Waals surface area contributed by atoms with E-state index in [9.17, 15) is 9.59 Å². The molecule has 7 heteroatoms. The fourth-order valence-corrected chi connectivity index (χ4v) is 4.27. The molecule has 2 heterocycles. The number of anilines is 1. The van der Waals surface area contributed by atoms with Crippen molar-refractivity contribution in [3.8, 4) is 11.5 Å². The number of carbonyl (C=O) groups excluding carboxylic acids is 2. The van der Waals surface area contributed by atoms with Crippen LogP contribution in [0.2, 0.25) is 0 Å². The number of hydrogen-bond acceptors (Lipinski definition) is 6. The second-order valence-corrected chi connectivity index (χ2v) is 9.15. The van der Waals surface area contributed by atoms with Crippen molar-refractivity contribution in [2.75, 3.05) is 32.2 Å². The van der Waals surface area contributed by atoms with Crippen molar-refractivity contribution < 1.29 is 19.1 Å². The molecule has 4 rings (SSSR count). The Hall–Kier alpha value is -2.38. The summed E-state index contributed by atoms with van der Waals surface area (Å²) in [5.74, 6) is 1.25. The summed E-state index contributed by atoms with van der Waals surface area (Å²) in [7, 11) is 3.13. The molecule has 33 heavy (non-hydrogen) atoms. The second kappa shape index (κ2) is 14.0. The first-order chi connectivity index (χ1) is 15.9. The van der Waals surface area contributed by atoms with Gasteiger partial charge < -0.3 is 19.7 Å². The highest BCUT2D eigenvalue weighted by molar-refractivity contribution is 9.10.